The molecule has 3 rings (SSSR count). The number of primary amides is 1. The maximum absolute atomic E-state index is 15.0. The van der Waals surface area contributed by atoms with E-state index in [-0.39, 0.29) is 29.4 Å². The molecular weight excluding hydrogens is 355 g/mol. The number of nitrogens with one attached hydrogen (secondary N) is 2. The molecule has 4 N–H and O–H groups in total. The number of nitrogens with two attached hydrogens (primary N) is 1. The van der Waals surface area contributed by atoms with Gasteiger partial charge in [0, 0.05) is 12.1 Å². The number of anilines is 1. The van der Waals surface area contributed by atoms with Gasteiger partial charge in [0.1, 0.15) is 6.04 Å². The van der Waals surface area contributed by atoms with E-state index in [1.807, 2.05) is 26.2 Å². The summed E-state index contributed by atoms with van der Waals surface area (Å²) in [5, 5.41) is 7.54. The van der Waals surface area contributed by atoms with Crippen molar-refractivity contribution in [2.45, 2.75) is 51.4 Å². The molecule has 1 unspecified atom stereocenters. The first-order valence-corrected chi connectivity index (χ1v) is 9.59. The van der Waals surface area contributed by atoms with Gasteiger partial charge in [-0.2, -0.15) is 0 Å². The van der Waals surface area contributed by atoms with Gasteiger partial charge in [-0.15, -0.1) is 11.8 Å². The van der Waals surface area contributed by atoms with Crippen molar-refractivity contribution in [1.82, 2.24) is 10.3 Å². The van der Waals surface area contributed by atoms with Crippen LogP contribution in [0.15, 0.2) is 11.0 Å². The van der Waals surface area contributed by atoms with Gasteiger partial charge in [0.2, 0.25) is 5.91 Å². The van der Waals surface area contributed by atoms with Crippen molar-refractivity contribution >= 4 is 29.4 Å². The molecule has 8 heteroatoms. The number of carbonyl (C=O) groups excluding carboxylic acids is 2. The third kappa shape index (κ3) is 3.56. The van der Waals surface area contributed by atoms with Gasteiger partial charge >= 0.3 is 0 Å². The third-order valence-corrected chi connectivity index (χ3v) is 5.78. The number of carbonyl (C=O) groups is 2. The Bertz CT molecular complexity index is 794. The van der Waals surface area contributed by atoms with Gasteiger partial charge in [-0.1, -0.05) is 19.4 Å². The maximum atomic E-state index is 15.0. The minimum atomic E-state index is -0.718. The molecule has 1 aromatic rings. The number of amides is 2. The van der Waals surface area contributed by atoms with Crippen LogP contribution in [0, 0.1) is 11.7 Å². The van der Waals surface area contributed by atoms with E-state index >= 15 is 0 Å². The van der Waals surface area contributed by atoms with E-state index in [2.05, 4.69) is 15.6 Å². The Labute approximate surface area is 156 Å². The first-order chi connectivity index (χ1) is 12.3. The van der Waals surface area contributed by atoms with Crippen molar-refractivity contribution in [2.75, 3.05) is 5.32 Å². The van der Waals surface area contributed by atoms with Crippen LogP contribution in [0.3, 0.4) is 0 Å². The van der Waals surface area contributed by atoms with Gasteiger partial charge in [-0.05, 0) is 31.1 Å². The molecule has 2 aliphatic heterocycles. The molecule has 0 spiro atoms. The number of aromatic nitrogens is 1. The van der Waals surface area contributed by atoms with Gasteiger partial charge in [0.05, 0.1) is 16.5 Å². The normalized spacial score (nSPS) is 20.0. The summed E-state index contributed by atoms with van der Waals surface area (Å²) >= 11 is 1.58. The smallest absolute Gasteiger partial charge is 0.253 e. The Morgan fingerprint density at radius 3 is 2.85 bits per heavy atom. The van der Waals surface area contributed by atoms with Gasteiger partial charge in [0.25, 0.3) is 5.91 Å². The van der Waals surface area contributed by atoms with Crippen molar-refractivity contribution in [3.8, 4) is 0 Å². The fourth-order valence-electron chi connectivity index (χ4n) is 3.27. The second kappa shape index (κ2) is 7.26. The summed E-state index contributed by atoms with van der Waals surface area (Å²) in [7, 11) is 0. The summed E-state index contributed by atoms with van der Waals surface area (Å²) in [5.74, 6) is -1.25. The Morgan fingerprint density at radius 2 is 2.27 bits per heavy atom. The van der Waals surface area contributed by atoms with Gasteiger partial charge < -0.3 is 16.4 Å². The van der Waals surface area contributed by atoms with E-state index < -0.39 is 17.8 Å². The summed E-state index contributed by atoms with van der Waals surface area (Å²) in [5.41, 5.74) is 7.86. The molecule has 0 aliphatic carbocycles. The summed E-state index contributed by atoms with van der Waals surface area (Å²) in [4.78, 5) is 28.4. The lowest BCUT2D eigenvalue weighted by Crippen LogP contribution is -2.37. The predicted octanol–water partition coefficient (Wildman–Crippen LogP) is 2.86. The van der Waals surface area contributed by atoms with Crippen LogP contribution in [-0.4, -0.2) is 22.8 Å². The summed E-state index contributed by atoms with van der Waals surface area (Å²) in [6.07, 6.45) is 1.23. The van der Waals surface area contributed by atoms with Gasteiger partial charge in [-0.3, -0.25) is 9.59 Å². The number of hydrogen-bond donors (Lipinski definition) is 3. The summed E-state index contributed by atoms with van der Waals surface area (Å²) < 4.78 is 15.0. The van der Waals surface area contributed by atoms with Crippen molar-refractivity contribution in [2.24, 2.45) is 11.7 Å². The lowest BCUT2D eigenvalue weighted by Gasteiger charge is -2.21. The highest BCUT2D eigenvalue weighted by molar-refractivity contribution is 8.02. The molecule has 0 aromatic carbocycles. The SMILES string of the molecule is CC1=CSC(c2nc(N[C@H](CC(C)C)C(N)=O)c(F)c3c2C(=O)NC3)C1. The number of halogens is 1. The van der Waals surface area contributed by atoms with Gasteiger partial charge in [-0.25, -0.2) is 9.37 Å². The zero-order valence-corrected chi connectivity index (χ0v) is 15.9. The number of fused-ring (bicyclic) bond motifs is 1. The molecular formula is C18H23FN4O2S. The fourth-order valence-corrected chi connectivity index (χ4v) is 4.42. The van der Waals surface area contributed by atoms with Crippen LogP contribution in [0.5, 0.6) is 0 Å². The van der Waals surface area contributed by atoms with Crippen LogP contribution in [0.1, 0.15) is 60.5 Å². The minimum Gasteiger partial charge on any atom is -0.368 e. The van der Waals surface area contributed by atoms with Crippen LogP contribution in [0.2, 0.25) is 0 Å². The number of thioether (sulfide) groups is 1. The van der Waals surface area contributed by atoms with E-state index in [0.717, 1.165) is 6.42 Å². The highest BCUT2D eigenvalue weighted by Crippen LogP contribution is 2.44. The predicted molar refractivity (Wildman–Crippen MR) is 100 cm³/mol. The summed E-state index contributed by atoms with van der Waals surface area (Å²) in [6, 6.07) is -0.718. The largest absolute Gasteiger partial charge is 0.368 e. The average Bonchev–Trinajstić information content (AvgIpc) is 3.15. The number of rotatable bonds is 6. The first kappa shape index (κ1) is 18.7. The molecule has 26 heavy (non-hydrogen) atoms. The van der Waals surface area contributed by atoms with E-state index in [4.69, 9.17) is 5.73 Å². The quantitative estimate of drug-likeness (QED) is 0.707. The van der Waals surface area contributed by atoms with Crippen molar-refractivity contribution < 1.29 is 14.0 Å². The van der Waals surface area contributed by atoms with Crippen molar-refractivity contribution in [3.63, 3.8) is 0 Å². The maximum Gasteiger partial charge on any atom is 0.253 e. The average molecular weight is 378 g/mol. The molecule has 0 fully saturated rings. The first-order valence-electron chi connectivity index (χ1n) is 8.65. The Kier molecular flexibility index (Phi) is 5.22. The lowest BCUT2D eigenvalue weighted by atomic mass is 10.0. The molecule has 0 bridgehead atoms. The molecule has 0 radical (unpaired) electrons. The number of hydrogen-bond acceptors (Lipinski definition) is 5. The highest BCUT2D eigenvalue weighted by atomic mass is 32.2. The van der Waals surface area contributed by atoms with E-state index in [1.165, 1.54) is 5.57 Å². The van der Waals surface area contributed by atoms with E-state index in [0.29, 0.717) is 23.2 Å². The van der Waals surface area contributed by atoms with Crippen molar-refractivity contribution in [1.29, 1.82) is 0 Å². The molecule has 2 amide bonds. The highest BCUT2D eigenvalue weighted by Gasteiger charge is 2.34. The second-order valence-corrected chi connectivity index (χ2v) is 8.29. The number of pyridine rings is 1. The monoisotopic (exact) mass is 378 g/mol. The fraction of sp³-hybridized carbons (Fsp3) is 0.500. The van der Waals surface area contributed by atoms with Crippen LogP contribution in [0.25, 0.3) is 0 Å². The van der Waals surface area contributed by atoms with Crippen LogP contribution in [0.4, 0.5) is 10.2 Å². The van der Waals surface area contributed by atoms with Crippen LogP contribution < -0.4 is 16.4 Å². The molecule has 2 atom stereocenters. The minimum absolute atomic E-state index is 0.00940. The van der Waals surface area contributed by atoms with Crippen LogP contribution in [-0.2, 0) is 11.3 Å². The van der Waals surface area contributed by atoms with Crippen molar-refractivity contribution in [3.05, 3.63) is 33.6 Å². The molecule has 2 aliphatic rings. The lowest BCUT2D eigenvalue weighted by molar-refractivity contribution is -0.119. The van der Waals surface area contributed by atoms with Crippen LogP contribution >= 0.6 is 11.8 Å². The van der Waals surface area contributed by atoms with Gasteiger partial charge in [0.15, 0.2) is 11.6 Å². The molecule has 140 valence electrons. The Balaban J connectivity index is 2.01. The molecule has 0 saturated carbocycles. The molecule has 0 saturated heterocycles. The third-order valence-electron chi connectivity index (χ3n) is 4.52. The number of allylic oxidation sites excluding steroid dienone is 1. The molecule has 3 heterocycles. The zero-order chi connectivity index (χ0) is 19.0. The molecule has 1 aromatic heterocycles. The standard InChI is InChI=1S/C18H23FN4O2S/c1-8(2)4-11(16(20)24)22-17-14(19)10-6-21-18(25)13(10)15(23-17)12-5-9(3)7-26-12/h7-8,11-12H,4-6H2,1-3H3,(H2,20,24)(H,21,25)(H,22,23)/t11-,12?/m1/s1. The Hall–Kier alpha value is -2.09. The number of nitrogens with zero attached hydrogens (tertiary/aromatic N) is 1. The second-order valence-electron chi connectivity index (χ2n) is 7.22. The van der Waals surface area contributed by atoms with E-state index in [1.54, 1.807) is 11.8 Å². The molecule has 6 nitrogen and oxygen atoms in total. The topological polar surface area (TPSA) is 97.1 Å². The Morgan fingerprint density at radius 1 is 1.54 bits per heavy atom. The zero-order valence-electron chi connectivity index (χ0n) is 15.1. The summed E-state index contributed by atoms with van der Waals surface area (Å²) in [6.45, 7) is 6.06. The van der Waals surface area contributed by atoms with E-state index in [9.17, 15) is 14.0 Å².